The highest BCUT2D eigenvalue weighted by atomic mass is 16.6. The Bertz CT molecular complexity index is 528. The molecular formula is C10H7N3O2. The van der Waals surface area contributed by atoms with Gasteiger partial charge in [-0.1, -0.05) is 0 Å². The second-order valence-electron chi connectivity index (χ2n) is 3.08. The van der Waals surface area contributed by atoms with Crippen molar-refractivity contribution in [1.82, 2.24) is 9.97 Å². The predicted octanol–water partition coefficient (Wildman–Crippen LogP) is 1.96. The molecule has 2 heterocycles. The Hall–Kier alpha value is -2.30. The topological polar surface area (TPSA) is 70.3 Å². The van der Waals surface area contributed by atoms with Gasteiger partial charge in [-0.15, -0.1) is 0 Å². The van der Waals surface area contributed by atoms with Crippen molar-refractivity contribution >= 4 is 5.69 Å². The average Bonchev–Trinajstić information content (AvgIpc) is 2.26. The first-order valence-corrected chi connectivity index (χ1v) is 4.39. The molecule has 15 heavy (non-hydrogen) atoms. The molecule has 0 unspecified atom stereocenters. The van der Waals surface area contributed by atoms with Gasteiger partial charge in [0.1, 0.15) is 0 Å². The van der Waals surface area contributed by atoms with Gasteiger partial charge in [0.15, 0.2) is 11.5 Å². The highest BCUT2D eigenvalue weighted by Gasteiger charge is 2.20. The number of ether oxygens (including phenoxy) is 2. The summed E-state index contributed by atoms with van der Waals surface area (Å²) in [6.45, 7) is 0. The van der Waals surface area contributed by atoms with Crippen LogP contribution >= 0.6 is 0 Å². The van der Waals surface area contributed by atoms with Crippen molar-refractivity contribution in [3.05, 3.63) is 30.6 Å². The van der Waals surface area contributed by atoms with Gasteiger partial charge in [0.25, 0.3) is 11.8 Å². The van der Waals surface area contributed by atoms with Crippen LogP contribution in [-0.2, 0) is 0 Å². The molecule has 0 amide bonds. The third-order valence-electron chi connectivity index (χ3n) is 2.01. The fraction of sp³-hybridized carbons (Fsp3) is 0. The van der Waals surface area contributed by atoms with Crippen LogP contribution < -0.4 is 15.2 Å². The van der Waals surface area contributed by atoms with Crippen LogP contribution in [0, 0.1) is 0 Å². The van der Waals surface area contributed by atoms with Crippen LogP contribution in [-0.4, -0.2) is 9.97 Å². The lowest BCUT2D eigenvalue weighted by Gasteiger charge is -2.17. The van der Waals surface area contributed by atoms with Crippen molar-refractivity contribution in [2.45, 2.75) is 0 Å². The normalized spacial score (nSPS) is 12.0. The van der Waals surface area contributed by atoms with Crippen LogP contribution in [0.15, 0.2) is 30.6 Å². The zero-order chi connectivity index (χ0) is 10.3. The number of hydrogen-bond donors (Lipinski definition) is 1. The molecule has 3 rings (SSSR count). The van der Waals surface area contributed by atoms with Gasteiger partial charge < -0.3 is 15.2 Å². The first kappa shape index (κ1) is 8.05. The van der Waals surface area contributed by atoms with Gasteiger partial charge in [-0.2, -0.15) is 0 Å². The van der Waals surface area contributed by atoms with Crippen molar-refractivity contribution in [1.29, 1.82) is 0 Å². The molecule has 0 saturated carbocycles. The number of aromatic nitrogens is 2. The Kier molecular flexibility index (Phi) is 1.53. The number of nitrogens with zero attached hydrogens (tertiary/aromatic N) is 2. The zero-order valence-electron chi connectivity index (χ0n) is 7.68. The predicted molar refractivity (Wildman–Crippen MR) is 53.0 cm³/mol. The minimum Gasteiger partial charge on any atom is -0.431 e. The fourth-order valence-electron chi connectivity index (χ4n) is 1.35. The van der Waals surface area contributed by atoms with E-state index in [0.29, 0.717) is 28.9 Å². The molecule has 0 atom stereocenters. The summed E-state index contributed by atoms with van der Waals surface area (Å²) in [5.74, 6) is 1.88. The van der Waals surface area contributed by atoms with Crippen LogP contribution in [0.2, 0.25) is 0 Å². The summed E-state index contributed by atoms with van der Waals surface area (Å²) in [6.07, 6.45) is 3.09. The minimum atomic E-state index is 0.357. The first-order valence-electron chi connectivity index (χ1n) is 4.39. The molecular weight excluding hydrogens is 194 g/mol. The number of nitrogen functional groups attached to an aromatic ring is 1. The van der Waals surface area contributed by atoms with E-state index in [2.05, 4.69) is 9.97 Å². The van der Waals surface area contributed by atoms with Gasteiger partial charge in [0.05, 0.1) is 0 Å². The van der Waals surface area contributed by atoms with Gasteiger partial charge in [-0.3, -0.25) is 0 Å². The van der Waals surface area contributed by atoms with Crippen molar-refractivity contribution in [2.75, 3.05) is 5.73 Å². The first-order chi connectivity index (χ1) is 7.33. The summed E-state index contributed by atoms with van der Waals surface area (Å²) in [7, 11) is 0. The van der Waals surface area contributed by atoms with Gasteiger partial charge in [0.2, 0.25) is 0 Å². The quantitative estimate of drug-likeness (QED) is 0.563. The van der Waals surface area contributed by atoms with Crippen molar-refractivity contribution in [2.24, 2.45) is 0 Å². The van der Waals surface area contributed by atoms with Gasteiger partial charge in [-0.05, 0) is 12.1 Å². The summed E-state index contributed by atoms with van der Waals surface area (Å²) >= 11 is 0. The van der Waals surface area contributed by atoms with E-state index in [1.165, 1.54) is 0 Å². The van der Waals surface area contributed by atoms with E-state index in [4.69, 9.17) is 15.2 Å². The van der Waals surface area contributed by atoms with Crippen LogP contribution in [0.5, 0.6) is 23.3 Å². The third-order valence-corrected chi connectivity index (χ3v) is 2.01. The number of benzene rings is 1. The number of fused-ring (bicyclic) bond motifs is 2. The average molecular weight is 201 g/mol. The summed E-state index contributed by atoms with van der Waals surface area (Å²) < 4.78 is 11.0. The lowest BCUT2D eigenvalue weighted by Crippen LogP contribution is -2.02. The van der Waals surface area contributed by atoms with Crippen molar-refractivity contribution in [3.63, 3.8) is 0 Å². The lowest BCUT2D eigenvalue weighted by molar-refractivity contribution is 0.336. The molecule has 1 aromatic heterocycles. The van der Waals surface area contributed by atoms with Gasteiger partial charge in [-0.25, -0.2) is 9.97 Å². The minimum absolute atomic E-state index is 0.357. The Morgan fingerprint density at radius 1 is 0.933 bits per heavy atom. The van der Waals surface area contributed by atoms with Crippen LogP contribution in [0.25, 0.3) is 0 Å². The maximum absolute atomic E-state index is 5.63. The summed E-state index contributed by atoms with van der Waals surface area (Å²) in [5.41, 5.74) is 6.25. The Morgan fingerprint density at radius 2 is 1.60 bits per heavy atom. The number of rotatable bonds is 0. The molecule has 0 spiro atoms. The highest BCUT2D eigenvalue weighted by molar-refractivity contribution is 5.56. The summed E-state index contributed by atoms with van der Waals surface area (Å²) in [4.78, 5) is 8.00. The highest BCUT2D eigenvalue weighted by Crippen LogP contribution is 2.42. The molecule has 2 aromatic rings. The largest absolute Gasteiger partial charge is 0.431 e. The van der Waals surface area contributed by atoms with E-state index >= 15 is 0 Å². The van der Waals surface area contributed by atoms with Crippen molar-refractivity contribution in [3.8, 4) is 23.3 Å². The standard InChI is InChI=1S/C10H7N3O2/c11-6-1-2-7-8(5-6)15-10-9(14-7)12-3-4-13-10/h1-5H,11H2. The van der Waals surface area contributed by atoms with Crippen molar-refractivity contribution < 1.29 is 9.47 Å². The molecule has 1 aliphatic rings. The monoisotopic (exact) mass is 201 g/mol. The van der Waals surface area contributed by atoms with Gasteiger partial charge >= 0.3 is 0 Å². The van der Waals surface area contributed by atoms with E-state index in [9.17, 15) is 0 Å². The smallest absolute Gasteiger partial charge is 0.284 e. The zero-order valence-corrected chi connectivity index (χ0v) is 7.68. The SMILES string of the molecule is Nc1ccc2c(c1)Oc1nccnc1O2. The number of nitrogens with two attached hydrogens (primary N) is 1. The molecule has 1 aliphatic heterocycles. The number of anilines is 1. The van der Waals surface area contributed by atoms with E-state index < -0.39 is 0 Å². The van der Waals surface area contributed by atoms with Crippen LogP contribution in [0.3, 0.4) is 0 Å². The molecule has 0 fully saturated rings. The molecule has 74 valence electrons. The summed E-state index contributed by atoms with van der Waals surface area (Å²) in [6, 6.07) is 5.17. The maximum Gasteiger partial charge on any atom is 0.284 e. The molecule has 1 aromatic carbocycles. The Morgan fingerprint density at radius 3 is 2.33 bits per heavy atom. The van der Waals surface area contributed by atoms with E-state index in [1.807, 2.05) is 0 Å². The third kappa shape index (κ3) is 1.25. The maximum atomic E-state index is 5.63. The molecule has 0 radical (unpaired) electrons. The Labute approximate surface area is 85.5 Å². The van der Waals surface area contributed by atoms with Crippen LogP contribution in [0.4, 0.5) is 5.69 Å². The van der Waals surface area contributed by atoms with E-state index in [0.717, 1.165) is 0 Å². The van der Waals surface area contributed by atoms with E-state index in [1.54, 1.807) is 30.6 Å². The van der Waals surface area contributed by atoms with E-state index in [-0.39, 0.29) is 0 Å². The molecule has 5 heteroatoms. The van der Waals surface area contributed by atoms with Crippen LogP contribution in [0.1, 0.15) is 0 Å². The number of hydrogen-bond acceptors (Lipinski definition) is 5. The molecule has 5 nitrogen and oxygen atoms in total. The molecule has 0 bridgehead atoms. The lowest BCUT2D eigenvalue weighted by atomic mass is 10.3. The second kappa shape index (κ2) is 2.84. The molecule has 0 saturated heterocycles. The second-order valence-corrected chi connectivity index (χ2v) is 3.08. The Balaban J connectivity index is 2.11. The fourth-order valence-corrected chi connectivity index (χ4v) is 1.35. The molecule has 2 N–H and O–H groups in total. The summed E-state index contributed by atoms with van der Waals surface area (Å²) in [5, 5.41) is 0. The van der Waals surface area contributed by atoms with Gasteiger partial charge in [0, 0.05) is 24.1 Å². The molecule has 0 aliphatic carbocycles.